The number of nitrogens with one attached hydrogen (secondary N) is 2. The fourth-order valence-electron chi connectivity index (χ4n) is 1.59. The molecule has 1 aromatic heterocycles. The van der Waals surface area contributed by atoms with Crippen molar-refractivity contribution in [3.63, 3.8) is 0 Å². The van der Waals surface area contributed by atoms with Crippen molar-refractivity contribution in [3.05, 3.63) is 16.7 Å². The number of hydrogen-bond acceptors (Lipinski definition) is 3. The highest BCUT2D eigenvalue weighted by Crippen LogP contribution is 2.30. The van der Waals surface area contributed by atoms with Crippen LogP contribution in [-0.4, -0.2) is 16.4 Å². The summed E-state index contributed by atoms with van der Waals surface area (Å²) in [6, 6.07) is 1.84. The summed E-state index contributed by atoms with van der Waals surface area (Å²) in [5.74, 6) is 0.722. The molecule has 5 heteroatoms. The Labute approximate surface area is 96.6 Å². The molecule has 1 aromatic rings. The molecule has 0 unspecified atom stereocenters. The van der Waals surface area contributed by atoms with Gasteiger partial charge < -0.3 is 10.6 Å². The van der Waals surface area contributed by atoms with Crippen LogP contribution in [0.15, 0.2) is 16.7 Å². The van der Waals surface area contributed by atoms with Crippen molar-refractivity contribution in [1.29, 1.82) is 0 Å². The van der Waals surface area contributed by atoms with Crippen LogP contribution in [0.25, 0.3) is 0 Å². The number of hydrogen-bond donors (Lipinski definition) is 2. The van der Waals surface area contributed by atoms with Gasteiger partial charge >= 0.3 is 0 Å². The van der Waals surface area contributed by atoms with Crippen LogP contribution in [0.2, 0.25) is 0 Å². The average Bonchev–Trinajstić information content (AvgIpc) is 2.18. The molecule has 15 heavy (non-hydrogen) atoms. The third-order valence-electron chi connectivity index (χ3n) is 2.19. The molecule has 0 aromatic carbocycles. The number of halogens is 1. The van der Waals surface area contributed by atoms with E-state index in [1.54, 1.807) is 6.20 Å². The van der Waals surface area contributed by atoms with Gasteiger partial charge in [-0.05, 0) is 35.8 Å². The monoisotopic (exact) mass is 269 g/mol. The Morgan fingerprint density at radius 1 is 1.53 bits per heavy atom. The minimum atomic E-state index is -0.268. The number of nitrogens with zero attached hydrogens (tertiary/aromatic N) is 1. The predicted octanol–water partition coefficient (Wildman–Crippen LogP) is 2.38. The molecule has 0 radical (unpaired) electrons. The maximum Gasteiger partial charge on any atom is 0.226 e. The Bertz CT molecular complexity index is 417. The SMILES string of the molecule is CC1(C)CC(=O)Nc2cc(Br)cnc2N1. The van der Waals surface area contributed by atoms with Gasteiger partial charge in [-0.2, -0.15) is 0 Å². The second-order valence-corrected chi connectivity index (χ2v) is 5.20. The molecule has 0 aliphatic carbocycles. The summed E-state index contributed by atoms with van der Waals surface area (Å²) in [6.45, 7) is 3.96. The molecule has 0 atom stereocenters. The molecule has 0 saturated carbocycles. The van der Waals surface area contributed by atoms with E-state index < -0.39 is 0 Å². The van der Waals surface area contributed by atoms with E-state index in [0.29, 0.717) is 12.2 Å². The van der Waals surface area contributed by atoms with Crippen LogP contribution >= 0.6 is 15.9 Å². The third-order valence-corrected chi connectivity index (χ3v) is 2.62. The standard InChI is InChI=1S/C10H12BrN3O/c1-10(2)4-8(15)13-7-3-6(11)5-12-9(7)14-10/h3,5H,4H2,1-2H3,(H,12,14)(H,13,15). The number of aromatic nitrogens is 1. The predicted molar refractivity (Wildman–Crippen MR) is 62.9 cm³/mol. The highest BCUT2D eigenvalue weighted by molar-refractivity contribution is 9.10. The highest BCUT2D eigenvalue weighted by Gasteiger charge is 2.27. The van der Waals surface area contributed by atoms with E-state index >= 15 is 0 Å². The van der Waals surface area contributed by atoms with Crippen molar-refractivity contribution in [2.45, 2.75) is 25.8 Å². The smallest absolute Gasteiger partial charge is 0.226 e. The summed E-state index contributed by atoms with van der Waals surface area (Å²) in [4.78, 5) is 15.8. The Balaban J connectivity index is 2.45. The van der Waals surface area contributed by atoms with Gasteiger partial charge in [-0.3, -0.25) is 4.79 Å². The third kappa shape index (κ3) is 2.28. The number of anilines is 2. The molecule has 2 rings (SSSR count). The van der Waals surface area contributed by atoms with Crippen molar-refractivity contribution < 1.29 is 4.79 Å². The molecule has 2 heterocycles. The van der Waals surface area contributed by atoms with Gasteiger partial charge in [0, 0.05) is 22.6 Å². The van der Waals surface area contributed by atoms with Gasteiger partial charge in [0.05, 0.1) is 5.69 Å². The van der Waals surface area contributed by atoms with Gasteiger partial charge in [0.1, 0.15) is 5.82 Å². The Kier molecular flexibility index (Phi) is 2.42. The number of fused-ring (bicyclic) bond motifs is 1. The lowest BCUT2D eigenvalue weighted by Crippen LogP contribution is -2.33. The quantitative estimate of drug-likeness (QED) is 0.761. The topological polar surface area (TPSA) is 54.0 Å². The number of rotatable bonds is 0. The molecule has 1 aliphatic heterocycles. The van der Waals surface area contributed by atoms with Crippen LogP contribution in [0.3, 0.4) is 0 Å². The van der Waals surface area contributed by atoms with Crippen LogP contribution in [0.4, 0.5) is 11.5 Å². The van der Waals surface area contributed by atoms with E-state index in [2.05, 4.69) is 31.5 Å². The van der Waals surface area contributed by atoms with E-state index in [9.17, 15) is 4.79 Å². The maximum atomic E-state index is 11.6. The fraction of sp³-hybridized carbons (Fsp3) is 0.400. The van der Waals surface area contributed by atoms with Crippen LogP contribution in [-0.2, 0) is 4.79 Å². The summed E-state index contributed by atoms with van der Waals surface area (Å²) in [6.07, 6.45) is 2.14. The zero-order chi connectivity index (χ0) is 11.1. The molecule has 0 fully saturated rings. The van der Waals surface area contributed by atoms with E-state index in [4.69, 9.17) is 0 Å². The lowest BCUT2D eigenvalue weighted by molar-refractivity contribution is -0.116. The summed E-state index contributed by atoms with van der Waals surface area (Å²) >= 11 is 3.32. The Morgan fingerprint density at radius 2 is 2.27 bits per heavy atom. The number of carbonyl (C=O) groups excluding carboxylic acids is 1. The van der Waals surface area contributed by atoms with E-state index in [-0.39, 0.29) is 11.4 Å². The first-order valence-corrected chi connectivity index (χ1v) is 5.49. The largest absolute Gasteiger partial charge is 0.363 e. The van der Waals surface area contributed by atoms with Crippen LogP contribution < -0.4 is 10.6 Å². The Hall–Kier alpha value is -1.10. The Morgan fingerprint density at radius 3 is 3.00 bits per heavy atom. The van der Waals surface area contributed by atoms with E-state index in [0.717, 1.165) is 10.2 Å². The molecule has 0 spiro atoms. The highest BCUT2D eigenvalue weighted by atomic mass is 79.9. The van der Waals surface area contributed by atoms with Gasteiger partial charge in [0.2, 0.25) is 5.91 Å². The van der Waals surface area contributed by atoms with Gasteiger partial charge in [-0.1, -0.05) is 0 Å². The van der Waals surface area contributed by atoms with Crippen molar-refractivity contribution in [2.75, 3.05) is 10.6 Å². The molecule has 0 bridgehead atoms. The van der Waals surface area contributed by atoms with Crippen molar-refractivity contribution in [1.82, 2.24) is 4.98 Å². The lowest BCUT2D eigenvalue weighted by Gasteiger charge is -2.23. The summed E-state index contributed by atoms with van der Waals surface area (Å²) < 4.78 is 0.850. The zero-order valence-electron chi connectivity index (χ0n) is 8.60. The number of pyridine rings is 1. The van der Waals surface area contributed by atoms with E-state index in [1.165, 1.54) is 0 Å². The van der Waals surface area contributed by atoms with Crippen molar-refractivity contribution in [2.24, 2.45) is 0 Å². The lowest BCUT2D eigenvalue weighted by atomic mass is 10.0. The van der Waals surface area contributed by atoms with Gasteiger partial charge in [0.25, 0.3) is 0 Å². The second kappa shape index (κ2) is 3.48. The summed E-state index contributed by atoms with van der Waals surface area (Å²) in [5, 5.41) is 6.07. The van der Waals surface area contributed by atoms with Crippen LogP contribution in [0, 0.1) is 0 Å². The van der Waals surface area contributed by atoms with Crippen molar-refractivity contribution >= 4 is 33.3 Å². The molecule has 1 aliphatic rings. The molecular weight excluding hydrogens is 258 g/mol. The minimum Gasteiger partial charge on any atom is -0.363 e. The van der Waals surface area contributed by atoms with E-state index in [1.807, 2.05) is 19.9 Å². The number of amides is 1. The molecule has 0 saturated heterocycles. The van der Waals surface area contributed by atoms with Crippen molar-refractivity contribution in [3.8, 4) is 0 Å². The normalized spacial score (nSPS) is 18.5. The van der Waals surface area contributed by atoms with Crippen LogP contribution in [0.1, 0.15) is 20.3 Å². The molecule has 1 amide bonds. The first-order chi connectivity index (χ1) is 6.96. The fourth-order valence-corrected chi connectivity index (χ4v) is 1.93. The van der Waals surface area contributed by atoms with Gasteiger partial charge in [-0.25, -0.2) is 4.98 Å². The maximum absolute atomic E-state index is 11.6. The molecule has 4 nitrogen and oxygen atoms in total. The molecule has 80 valence electrons. The first-order valence-electron chi connectivity index (χ1n) is 4.70. The summed E-state index contributed by atoms with van der Waals surface area (Å²) in [5.41, 5.74) is 0.454. The first kappa shape index (κ1) is 10.4. The molecule has 2 N–H and O–H groups in total. The van der Waals surface area contributed by atoms with Gasteiger partial charge in [-0.15, -0.1) is 0 Å². The second-order valence-electron chi connectivity index (χ2n) is 4.28. The number of carbonyl (C=O) groups is 1. The summed E-state index contributed by atoms with van der Waals surface area (Å²) in [7, 11) is 0. The minimum absolute atomic E-state index is 0.00569. The zero-order valence-corrected chi connectivity index (χ0v) is 10.2. The molecular formula is C10H12BrN3O. The van der Waals surface area contributed by atoms with Gasteiger partial charge in [0.15, 0.2) is 0 Å². The van der Waals surface area contributed by atoms with Crippen LogP contribution in [0.5, 0.6) is 0 Å². The average molecular weight is 270 g/mol.